The van der Waals surface area contributed by atoms with Gasteiger partial charge in [0.15, 0.2) is 5.75 Å². The molecule has 0 bridgehead atoms. The van der Waals surface area contributed by atoms with Gasteiger partial charge in [-0.2, -0.15) is 0 Å². The van der Waals surface area contributed by atoms with E-state index in [4.69, 9.17) is 5.73 Å². The molecule has 0 aliphatic carbocycles. The zero-order valence-electron chi connectivity index (χ0n) is 11.0. The number of benzene rings is 1. The Kier molecular flexibility index (Phi) is 5.17. The molecule has 0 aliphatic rings. The van der Waals surface area contributed by atoms with Gasteiger partial charge < -0.3 is 10.5 Å². The second-order valence-electron chi connectivity index (χ2n) is 4.00. The zero-order chi connectivity index (χ0) is 14.5. The quantitative estimate of drug-likeness (QED) is 0.622. The molecule has 6 nitrogen and oxygen atoms in total. The maximum atomic E-state index is 12.2. The number of esters is 1. The number of carbonyl (C=O) groups excluding carboxylic acids is 1. The zero-order valence-corrected chi connectivity index (χ0v) is 11.8. The number of anilines is 2. The number of nitrogens with two attached hydrogens (primary N) is 1. The second kappa shape index (κ2) is 6.42. The fraction of sp³-hybridized carbons (Fsp3) is 0.417. The number of carbonyl (C=O) groups is 1. The van der Waals surface area contributed by atoms with Gasteiger partial charge in [0, 0.05) is 12.2 Å². The van der Waals surface area contributed by atoms with Crippen molar-refractivity contribution in [2.24, 2.45) is 0 Å². The molecule has 0 fully saturated rings. The van der Waals surface area contributed by atoms with Crippen LogP contribution in [0.1, 0.15) is 13.3 Å². The lowest BCUT2D eigenvalue weighted by molar-refractivity contribution is -0.137. The van der Waals surface area contributed by atoms with Crippen LogP contribution in [0, 0.1) is 0 Å². The molecule has 0 saturated heterocycles. The summed E-state index contributed by atoms with van der Waals surface area (Å²) in [4.78, 5) is 11.2. The van der Waals surface area contributed by atoms with Crippen molar-refractivity contribution in [3.63, 3.8) is 0 Å². The van der Waals surface area contributed by atoms with Gasteiger partial charge in [0.1, 0.15) is 0 Å². The van der Waals surface area contributed by atoms with Gasteiger partial charge in [-0.05, 0) is 30.7 Å². The molecule has 0 atom stereocenters. The van der Waals surface area contributed by atoms with Crippen LogP contribution in [0.4, 0.5) is 11.4 Å². The fourth-order valence-corrected chi connectivity index (χ4v) is 3.03. The molecule has 1 aromatic carbocycles. The molecule has 0 unspecified atom stereocenters. The third-order valence-corrected chi connectivity index (χ3v) is 4.14. The summed E-state index contributed by atoms with van der Waals surface area (Å²) >= 11 is 0. The molecule has 7 heteroatoms. The van der Waals surface area contributed by atoms with Crippen LogP contribution in [0.15, 0.2) is 24.3 Å². The minimum absolute atomic E-state index is 0.295. The van der Waals surface area contributed by atoms with Gasteiger partial charge in [-0.25, -0.2) is 8.42 Å². The van der Waals surface area contributed by atoms with E-state index in [1.807, 2.05) is 6.92 Å². The van der Waals surface area contributed by atoms with E-state index in [2.05, 4.69) is 4.74 Å². The van der Waals surface area contributed by atoms with Crippen molar-refractivity contribution in [2.75, 3.05) is 29.4 Å². The minimum atomic E-state index is -3.74. The van der Waals surface area contributed by atoms with Gasteiger partial charge in [-0.15, -0.1) is 0 Å². The van der Waals surface area contributed by atoms with Crippen molar-refractivity contribution in [3.05, 3.63) is 24.3 Å². The van der Waals surface area contributed by atoms with Crippen molar-refractivity contribution >= 4 is 27.4 Å². The van der Waals surface area contributed by atoms with Crippen LogP contribution in [0.2, 0.25) is 0 Å². The van der Waals surface area contributed by atoms with Crippen LogP contribution >= 0.6 is 0 Å². The number of hydrogen-bond donors (Lipinski definition) is 1. The summed E-state index contributed by atoms with van der Waals surface area (Å²) in [6.07, 6.45) is 0.630. The fourth-order valence-electron chi connectivity index (χ4n) is 1.56. The predicted molar refractivity (Wildman–Crippen MR) is 74.3 cm³/mol. The van der Waals surface area contributed by atoms with Crippen LogP contribution < -0.4 is 10.0 Å². The molecule has 0 radical (unpaired) electrons. The Balaban J connectivity index is 3.06. The third-order valence-electron chi connectivity index (χ3n) is 2.47. The van der Waals surface area contributed by atoms with Gasteiger partial charge in [0.05, 0.1) is 12.8 Å². The van der Waals surface area contributed by atoms with Gasteiger partial charge in [0.25, 0.3) is 0 Å². The van der Waals surface area contributed by atoms with E-state index in [1.165, 1.54) is 4.31 Å². The number of methoxy groups -OCH3 is 1. The average molecular weight is 286 g/mol. The number of nitrogen functional groups attached to an aromatic ring is 1. The summed E-state index contributed by atoms with van der Waals surface area (Å²) in [7, 11) is -2.59. The van der Waals surface area contributed by atoms with Gasteiger partial charge in [0.2, 0.25) is 10.0 Å². The maximum absolute atomic E-state index is 12.2. The van der Waals surface area contributed by atoms with Gasteiger partial charge in [-0.3, -0.25) is 9.10 Å². The first-order chi connectivity index (χ1) is 8.90. The first-order valence-electron chi connectivity index (χ1n) is 5.83. The number of sulfonamides is 1. The van der Waals surface area contributed by atoms with E-state index in [9.17, 15) is 13.2 Å². The molecule has 19 heavy (non-hydrogen) atoms. The number of nitrogens with zero attached hydrogens (tertiary/aromatic N) is 1. The summed E-state index contributed by atoms with van der Waals surface area (Å²) in [5.74, 6) is -1.45. The predicted octanol–water partition coefficient (Wildman–Crippen LogP) is 0.988. The molecule has 2 N–H and O–H groups in total. The number of rotatable bonds is 6. The molecule has 0 heterocycles. The highest BCUT2D eigenvalue weighted by Crippen LogP contribution is 2.20. The van der Waals surface area contributed by atoms with E-state index >= 15 is 0 Å². The van der Waals surface area contributed by atoms with E-state index < -0.39 is 21.7 Å². The lowest BCUT2D eigenvalue weighted by Gasteiger charge is -2.23. The Bertz CT molecular complexity index is 525. The van der Waals surface area contributed by atoms with Gasteiger partial charge in [-0.1, -0.05) is 6.92 Å². The lowest BCUT2D eigenvalue weighted by atomic mass is 10.3. The molecule has 0 spiro atoms. The summed E-state index contributed by atoms with van der Waals surface area (Å²) in [5, 5.41) is 0. The van der Waals surface area contributed by atoms with Crippen LogP contribution in [0.25, 0.3) is 0 Å². The van der Waals surface area contributed by atoms with Crippen LogP contribution in [0.5, 0.6) is 0 Å². The highest BCUT2D eigenvalue weighted by atomic mass is 32.2. The topological polar surface area (TPSA) is 89.7 Å². The molecule has 0 saturated carbocycles. The molecular formula is C12H18N2O4S. The molecule has 1 aromatic rings. The third kappa shape index (κ3) is 4.13. The Labute approximate surface area is 113 Å². The van der Waals surface area contributed by atoms with E-state index in [-0.39, 0.29) is 0 Å². The number of hydrogen-bond acceptors (Lipinski definition) is 5. The van der Waals surface area contributed by atoms with Crippen LogP contribution in [-0.4, -0.2) is 33.8 Å². The second-order valence-corrected chi connectivity index (χ2v) is 5.89. The highest BCUT2D eigenvalue weighted by molar-refractivity contribution is 7.93. The molecule has 1 rings (SSSR count). The first-order valence-corrected chi connectivity index (χ1v) is 7.44. The Morgan fingerprint density at radius 3 is 2.37 bits per heavy atom. The van der Waals surface area contributed by atoms with E-state index in [0.29, 0.717) is 24.3 Å². The summed E-state index contributed by atoms with van der Waals surface area (Å²) in [6.45, 7) is 2.15. The highest BCUT2D eigenvalue weighted by Gasteiger charge is 2.25. The van der Waals surface area contributed by atoms with Crippen molar-refractivity contribution in [2.45, 2.75) is 13.3 Å². The Hall–Kier alpha value is -1.76. The number of ether oxygens (including phenoxy) is 1. The van der Waals surface area contributed by atoms with Crippen LogP contribution in [-0.2, 0) is 19.6 Å². The summed E-state index contributed by atoms with van der Waals surface area (Å²) in [5.41, 5.74) is 6.60. The minimum Gasteiger partial charge on any atom is -0.468 e. The van der Waals surface area contributed by atoms with E-state index in [0.717, 1.165) is 7.11 Å². The van der Waals surface area contributed by atoms with Crippen molar-refractivity contribution in [1.82, 2.24) is 0 Å². The summed E-state index contributed by atoms with van der Waals surface area (Å²) < 4.78 is 29.9. The average Bonchev–Trinajstić information content (AvgIpc) is 2.36. The molecule has 0 aliphatic heterocycles. The molecule has 0 amide bonds. The van der Waals surface area contributed by atoms with Crippen molar-refractivity contribution in [1.29, 1.82) is 0 Å². The van der Waals surface area contributed by atoms with Gasteiger partial charge >= 0.3 is 5.97 Å². The Morgan fingerprint density at radius 1 is 1.32 bits per heavy atom. The maximum Gasteiger partial charge on any atom is 0.322 e. The Morgan fingerprint density at radius 2 is 1.89 bits per heavy atom. The lowest BCUT2D eigenvalue weighted by Crippen LogP contribution is -2.36. The normalized spacial score (nSPS) is 11.1. The first kappa shape index (κ1) is 15.3. The molecule has 106 valence electrons. The standard InChI is InChI=1S/C12H18N2O4S/c1-3-8-14(11-6-4-10(13)5-7-11)19(16,17)9-12(15)18-2/h4-7H,3,8-9,13H2,1-2H3. The monoisotopic (exact) mass is 286 g/mol. The molecular weight excluding hydrogens is 268 g/mol. The van der Waals surface area contributed by atoms with E-state index in [1.54, 1.807) is 24.3 Å². The van der Waals surface area contributed by atoms with Crippen molar-refractivity contribution < 1.29 is 17.9 Å². The smallest absolute Gasteiger partial charge is 0.322 e. The van der Waals surface area contributed by atoms with Crippen molar-refractivity contribution in [3.8, 4) is 0 Å². The largest absolute Gasteiger partial charge is 0.468 e. The SMILES string of the molecule is CCCN(c1ccc(N)cc1)S(=O)(=O)CC(=O)OC. The van der Waals surface area contributed by atoms with Crippen LogP contribution in [0.3, 0.4) is 0 Å². The molecule has 0 aromatic heterocycles. The summed E-state index contributed by atoms with van der Waals surface area (Å²) in [6, 6.07) is 6.46.